The van der Waals surface area contributed by atoms with Crippen molar-refractivity contribution in [1.29, 1.82) is 0 Å². The Hall–Kier alpha value is -2.91. The van der Waals surface area contributed by atoms with Gasteiger partial charge in [0.05, 0.1) is 28.4 Å². The molecule has 4 rings (SSSR count). The van der Waals surface area contributed by atoms with Crippen molar-refractivity contribution in [3.8, 4) is 0 Å². The molecule has 4 heterocycles. The first-order valence-electron chi connectivity index (χ1n) is 9.82. The van der Waals surface area contributed by atoms with Crippen LogP contribution in [0.2, 0.25) is 0 Å². The summed E-state index contributed by atoms with van der Waals surface area (Å²) in [6.45, 7) is 6.19. The van der Waals surface area contributed by atoms with Crippen LogP contribution in [0, 0.1) is 6.92 Å². The number of amides is 1. The maximum absolute atomic E-state index is 13.6. The average Bonchev–Trinajstić information content (AvgIpc) is 3.33. The van der Waals surface area contributed by atoms with Gasteiger partial charge in [-0.15, -0.1) is 0 Å². The standard InChI is InChI=1S/C20H22F3N5O2/c1-11(2)28-10-14(8-24-28)19(29)27-6-4-5-13(9-27)17-16-15(20(21,22)23)7-12(3)25-18(16)30-26-17/h7-8,10-11,13H,4-6,9H2,1-3H3. The maximum Gasteiger partial charge on any atom is 0.417 e. The van der Waals surface area contributed by atoms with Gasteiger partial charge in [0.15, 0.2) is 0 Å². The highest BCUT2D eigenvalue weighted by molar-refractivity contribution is 5.94. The van der Waals surface area contributed by atoms with E-state index in [1.54, 1.807) is 15.8 Å². The van der Waals surface area contributed by atoms with Gasteiger partial charge < -0.3 is 9.42 Å². The number of likely N-dealkylation sites (tertiary alicyclic amines) is 1. The Balaban J connectivity index is 1.65. The summed E-state index contributed by atoms with van der Waals surface area (Å²) in [6, 6.07) is 1.13. The van der Waals surface area contributed by atoms with Crippen molar-refractivity contribution < 1.29 is 22.5 Å². The van der Waals surface area contributed by atoms with Gasteiger partial charge in [0.2, 0.25) is 0 Å². The zero-order valence-corrected chi connectivity index (χ0v) is 16.9. The summed E-state index contributed by atoms with van der Waals surface area (Å²) in [4.78, 5) is 18.6. The van der Waals surface area contributed by atoms with Crippen LogP contribution in [0.4, 0.5) is 13.2 Å². The number of piperidine rings is 1. The summed E-state index contributed by atoms with van der Waals surface area (Å²) in [5.41, 5.74) is -0.0511. The largest absolute Gasteiger partial charge is 0.417 e. The fourth-order valence-electron chi connectivity index (χ4n) is 3.90. The van der Waals surface area contributed by atoms with Crippen LogP contribution in [-0.4, -0.2) is 43.8 Å². The Bertz CT molecular complexity index is 1090. The van der Waals surface area contributed by atoms with E-state index in [9.17, 15) is 18.0 Å². The number of hydrogen-bond donors (Lipinski definition) is 0. The molecule has 1 atom stereocenters. The van der Waals surface area contributed by atoms with Crippen molar-refractivity contribution in [2.24, 2.45) is 0 Å². The molecule has 0 saturated carbocycles. The quantitative estimate of drug-likeness (QED) is 0.629. The lowest BCUT2D eigenvalue weighted by Crippen LogP contribution is -2.39. The van der Waals surface area contributed by atoms with E-state index in [1.807, 2.05) is 13.8 Å². The maximum atomic E-state index is 13.6. The Morgan fingerprint density at radius 1 is 1.33 bits per heavy atom. The number of aromatic nitrogens is 4. The molecule has 0 bridgehead atoms. The number of halogens is 3. The molecular formula is C20H22F3N5O2. The third-order valence-corrected chi connectivity index (χ3v) is 5.38. The second-order valence-electron chi connectivity index (χ2n) is 7.95. The van der Waals surface area contributed by atoms with Crippen LogP contribution in [0.5, 0.6) is 0 Å². The van der Waals surface area contributed by atoms with Crippen LogP contribution in [0.25, 0.3) is 11.1 Å². The Morgan fingerprint density at radius 2 is 2.10 bits per heavy atom. The minimum absolute atomic E-state index is 0.111. The topological polar surface area (TPSA) is 77.0 Å². The lowest BCUT2D eigenvalue weighted by atomic mass is 9.91. The molecule has 1 amide bonds. The summed E-state index contributed by atoms with van der Waals surface area (Å²) in [5.74, 6) is -0.556. The van der Waals surface area contributed by atoms with Crippen LogP contribution in [0.3, 0.4) is 0 Å². The number of fused-ring (bicyclic) bond motifs is 1. The molecule has 1 aliphatic heterocycles. The number of pyridine rings is 1. The zero-order valence-electron chi connectivity index (χ0n) is 16.9. The van der Waals surface area contributed by atoms with Crippen molar-refractivity contribution in [1.82, 2.24) is 24.8 Å². The van der Waals surface area contributed by atoms with Gasteiger partial charge in [-0.3, -0.25) is 9.48 Å². The number of carbonyl (C=O) groups is 1. The molecule has 1 fully saturated rings. The number of alkyl halides is 3. The van der Waals surface area contributed by atoms with E-state index in [4.69, 9.17) is 4.52 Å². The lowest BCUT2D eigenvalue weighted by Gasteiger charge is -2.31. The number of nitrogens with zero attached hydrogens (tertiary/aromatic N) is 5. The van der Waals surface area contributed by atoms with E-state index in [2.05, 4.69) is 15.2 Å². The smallest absolute Gasteiger partial charge is 0.338 e. The van der Waals surface area contributed by atoms with Gasteiger partial charge in [-0.25, -0.2) is 4.98 Å². The third-order valence-electron chi connectivity index (χ3n) is 5.38. The second kappa shape index (κ2) is 7.41. The molecule has 1 unspecified atom stereocenters. The molecular weight excluding hydrogens is 399 g/mol. The monoisotopic (exact) mass is 421 g/mol. The van der Waals surface area contributed by atoms with Crippen LogP contribution in [0.15, 0.2) is 23.0 Å². The van der Waals surface area contributed by atoms with E-state index in [0.717, 1.165) is 6.07 Å². The van der Waals surface area contributed by atoms with Gasteiger partial charge in [-0.05, 0) is 39.7 Å². The SMILES string of the molecule is Cc1cc(C(F)(F)F)c2c(C3CCCN(C(=O)c4cnn(C(C)C)c4)C3)noc2n1. The summed E-state index contributed by atoms with van der Waals surface area (Å²) in [5, 5.41) is 8.02. The van der Waals surface area contributed by atoms with E-state index in [1.165, 1.54) is 13.1 Å². The van der Waals surface area contributed by atoms with E-state index in [-0.39, 0.29) is 46.9 Å². The van der Waals surface area contributed by atoms with Crippen molar-refractivity contribution in [2.75, 3.05) is 13.1 Å². The van der Waals surface area contributed by atoms with Crippen molar-refractivity contribution in [3.63, 3.8) is 0 Å². The van der Waals surface area contributed by atoms with Crippen molar-refractivity contribution in [3.05, 3.63) is 41.0 Å². The molecule has 3 aromatic heterocycles. The molecule has 0 N–H and O–H groups in total. The Labute approximate surface area is 170 Å². The summed E-state index contributed by atoms with van der Waals surface area (Å²) < 4.78 is 47.8. The molecule has 0 spiro atoms. The minimum Gasteiger partial charge on any atom is -0.338 e. The fraction of sp³-hybridized carbons (Fsp3) is 0.500. The molecule has 30 heavy (non-hydrogen) atoms. The molecule has 0 aromatic carbocycles. The summed E-state index contributed by atoms with van der Waals surface area (Å²) in [6.07, 6.45) is -0.0735. The van der Waals surface area contributed by atoms with Crippen LogP contribution in [0.1, 0.15) is 66.0 Å². The van der Waals surface area contributed by atoms with E-state index < -0.39 is 11.7 Å². The summed E-state index contributed by atoms with van der Waals surface area (Å²) in [7, 11) is 0. The number of carbonyl (C=O) groups excluding carboxylic acids is 1. The minimum atomic E-state index is -4.55. The zero-order chi connectivity index (χ0) is 21.6. The molecule has 10 heteroatoms. The highest BCUT2D eigenvalue weighted by Crippen LogP contribution is 2.40. The van der Waals surface area contributed by atoms with E-state index in [0.29, 0.717) is 24.9 Å². The van der Waals surface area contributed by atoms with Gasteiger partial charge in [0.1, 0.15) is 0 Å². The van der Waals surface area contributed by atoms with Crippen LogP contribution < -0.4 is 0 Å². The molecule has 3 aromatic rings. The highest BCUT2D eigenvalue weighted by Gasteiger charge is 2.38. The third kappa shape index (κ3) is 3.66. The Morgan fingerprint density at radius 3 is 2.77 bits per heavy atom. The Kier molecular flexibility index (Phi) is 5.03. The summed E-state index contributed by atoms with van der Waals surface area (Å²) >= 11 is 0. The molecule has 7 nitrogen and oxygen atoms in total. The molecule has 0 radical (unpaired) electrons. The first-order chi connectivity index (χ1) is 14.1. The lowest BCUT2D eigenvalue weighted by molar-refractivity contribution is -0.136. The van der Waals surface area contributed by atoms with Crippen molar-refractivity contribution >= 4 is 17.0 Å². The van der Waals surface area contributed by atoms with E-state index >= 15 is 0 Å². The first-order valence-corrected chi connectivity index (χ1v) is 9.82. The van der Waals surface area contributed by atoms with Gasteiger partial charge in [-0.1, -0.05) is 5.16 Å². The fourth-order valence-corrected chi connectivity index (χ4v) is 3.90. The average molecular weight is 421 g/mol. The van der Waals surface area contributed by atoms with Gasteiger partial charge in [-0.2, -0.15) is 18.3 Å². The van der Waals surface area contributed by atoms with Gasteiger partial charge in [0, 0.05) is 36.9 Å². The van der Waals surface area contributed by atoms with Gasteiger partial charge in [0.25, 0.3) is 11.6 Å². The number of aryl methyl sites for hydroxylation is 1. The van der Waals surface area contributed by atoms with Crippen LogP contribution in [-0.2, 0) is 6.18 Å². The molecule has 160 valence electrons. The van der Waals surface area contributed by atoms with Crippen LogP contribution >= 0.6 is 0 Å². The number of hydrogen-bond acceptors (Lipinski definition) is 5. The molecule has 1 aliphatic rings. The number of rotatable bonds is 3. The first kappa shape index (κ1) is 20.4. The molecule has 1 saturated heterocycles. The normalized spacial score (nSPS) is 17.8. The van der Waals surface area contributed by atoms with Gasteiger partial charge >= 0.3 is 6.18 Å². The second-order valence-corrected chi connectivity index (χ2v) is 7.95. The predicted octanol–water partition coefficient (Wildman–Crippen LogP) is 4.35. The predicted molar refractivity (Wildman–Crippen MR) is 102 cm³/mol. The highest BCUT2D eigenvalue weighted by atomic mass is 19.4. The molecule has 0 aliphatic carbocycles. The van der Waals surface area contributed by atoms with Crippen molar-refractivity contribution in [2.45, 2.75) is 51.7 Å².